The van der Waals surface area contributed by atoms with Gasteiger partial charge in [-0.1, -0.05) is 0 Å². The summed E-state index contributed by atoms with van der Waals surface area (Å²) in [6, 6.07) is 0. The molecule has 0 aliphatic carbocycles. The molecular weight excluding hydrogens is 252 g/mol. The topological polar surface area (TPSA) is 168 Å². The molecule has 9 nitrogen and oxygen atoms in total. The highest BCUT2D eigenvalue weighted by atomic mass is 16.7. The van der Waals surface area contributed by atoms with Crippen LogP contribution in [0.25, 0.3) is 0 Å². The lowest BCUT2D eigenvalue weighted by molar-refractivity contribution is -0.312. The molecule has 1 fully saturated rings. The summed E-state index contributed by atoms with van der Waals surface area (Å²) in [4.78, 5) is 10.8. The zero-order valence-electron chi connectivity index (χ0n) is 9.25. The summed E-state index contributed by atoms with van der Waals surface area (Å²) in [5.74, 6) is -4.58. The third-order valence-electron chi connectivity index (χ3n) is 2.80. The molecule has 18 heavy (non-hydrogen) atoms. The second kappa shape index (κ2) is 5.45. The number of ether oxygens (including phenoxy) is 1. The van der Waals surface area contributed by atoms with E-state index in [-0.39, 0.29) is 0 Å². The molecule has 0 spiro atoms. The predicted molar refractivity (Wildman–Crippen MR) is 53.2 cm³/mol. The minimum Gasteiger partial charge on any atom is -0.477 e. The molecule has 0 aromatic heterocycles. The molecule has 0 bridgehead atoms. The first kappa shape index (κ1) is 15.2. The Morgan fingerprint density at radius 2 is 1.94 bits per heavy atom. The SMILES string of the molecule is O=C(O)[C@@]1(O)C[C@H](O)[C@@H](O)[C@H]([C@H](O)[C@H](O)CO)O1. The molecule has 9 heteroatoms. The molecule has 0 unspecified atom stereocenters. The van der Waals surface area contributed by atoms with Gasteiger partial charge < -0.3 is 40.5 Å². The van der Waals surface area contributed by atoms with Crippen molar-refractivity contribution in [1.29, 1.82) is 0 Å². The van der Waals surface area contributed by atoms with Gasteiger partial charge in [0.2, 0.25) is 0 Å². The van der Waals surface area contributed by atoms with E-state index in [1.165, 1.54) is 0 Å². The van der Waals surface area contributed by atoms with Crippen LogP contribution in [0.3, 0.4) is 0 Å². The number of carboxylic acid groups (broad SMARTS) is 1. The number of carbonyl (C=O) groups is 1. The number of rotatable bonds is 4. The molecule has 0 radical (unpaired) electrons. The molecule has 7 N–H and O–H groups in total. The van der Waals surface area contributed by atoms with Crippen LogP contribution in [0.15, 0.2) is 0 Å². The van der Waals surface area contributed by atoms with Gasteiger partial charge in [-0.15, -0.1) is 0 Å². The van der Waals surface area contributed by atoms with Crippen molar-refractivity contribution in [3.05, 3.63) is 0 Å². The third-order valence-corrected chi connectivity index (χ3v) is 2.80. The Balaban J connectivity index is 2.92. The number of aliphatic hydroxyl groups excluding tert-OH is 5. The summed E-state index contributed by atoms with van der Waals surface area (Å²) in [6.07, 6.45) is -9.50. The largest absolute Gasteiger partial charge is 0.477 e. The molecule has 0 amide bonds. The highest BCUT2D eigenvalue weighted by molar-refractivity contribution is 5.75. The van der Waals surface area contributed by atoms with Crippen molar-refractivity contribution >= 4 is 5.97 Å². The maximum atomic E-state index is 10.8. The molecule has 1 aliphatic rings. The summed E-state index contributed by atoms with van der Waals surface area (Å²) in [7, 11) is 0. The van der Waals surface area contributed by atoms with E-state index in [0.717, 1.165) is 0 Å². The van der Waals surface area contributed by atoms with Crippen molar-refractivity contribution in [3.63, 3.8) is 0 Å². The minimum absolute atomic E-state index is 0.790. The second-order valence-electron chi connectivity index (χ2n) is 4.17. The molecule has 0 aromatic rings. The first-order valence-corrected chi connectivity index (χ1v) is 5.19. The lowest BCUT2D eigenvalue weighted by Gasteiger charge is -2.42. The summed E-state index contributed by atoms with van der Waals surface area (Å²) in [5.41, 5.74) is 0. The number of aliphatic carboxylic acids is 1. The van der Waals surface area contributed by atoms with Crippen LogP contribution in [0.4, 0.5) is 0 Å². The van der Waals surface area contributed by atoms with Crippen molar-refractivity contribution in [3.8, 4) is 0 Å². The molecule has 1 aliphatic heterocycles. The number of hydrogen-bond acceptors (Lipinski definition) is 8. The Labute approximate surface area is 101 Å². The molecule has 1 saturated heterocycles. The fraction of sp³-hybridized carbons (Fsp3) is 0.889. The van der Waals surface area contributed by atoms with Gasteiger partial charge in [-0.3, -0.25) is 0 Å². The lowest BCUT2D eigenvalue weighted by Crippen LogP contribution is -2.63. The van der Waals surface area contributed by atoms with Crippen LogP contribution >= 0.6 is 0 Å². The summed E-state index contributed by atoms with van der Waals surface area (Å²) >= 11 is 0. The smallest absolute Gasteiger partial charge is 0.364 e. The van der Waals surface area contributed by atoms with Gasteiger partial charge in [0.1, 0.15) is 24.4 Å². The fourth-order valence-corrected chi connectivity index (χ4v) is 1.70. The Hall–Kier alpha value is -0.810. The third kappa shape index (κ3) is 2.78. The van der Waals surface area contributed by atoms with Gasteiger partial charge in [-0.05, 0) is 0 Å². The van der Waals surface area contributed by atoms with Crippen LogP contribution in [0.1, 0.15) is 6.42 Å². The average molecular weight is 268 g/mol. The predicted octanol–water partition coefficient (Wildman–Crippen LogP) is -4.02. The van der Waals surface area contributed by atoms with Crippen molar-refractivity contribution in [2.75, 3.05) is 6.61 Å². The Kier molecular flexibility index (Phi) is 4.61. The molecule has 106 valence electrons. The first-order valence-electron chi connectivity index (χ1n) is 5.19. The molecule has 1 rings (SSSR count). The molecule has 6 atom stereocenters. The summed E-state index contributed by atoms with van der Waals surface area (Å²) in [5, 5.41) is 64.6. The van der Waals surface area contributed by atoms with Crippen molar-refractivity contribution in [2.45, 2.75) is 42.7 Å². The van der Waals surface area contributed by atoms with Gasteiger partial charge in [-0.2, -0.15) is 0 Å². The number of carboxylic acids is 1. The number of aliphatic hydroxyl groups is 6. The quantitative estimate of drug-likeness (QED) is 0.268. The van der Waals surface area contributed by atoms with Gasteiger partial charge in [0, 0.05) is 6.42 Å². The average Bonchev–Trinajstić information content (AvgIpc) is 2.31. The second-order valence-corrected chi connectivity index (χ2v) is 4.17. The van der Waals surface area contributed by atoms with Crippen molar-refractivity contribution in [2.24, 2.45) is 0 Å². The monoisotopic (exact) mass is 268 g/mol. The van der Waals surface area contributed by atoms with E-state index < -0.39 is 55.3 Å². The van der Waals surface area contributed by atoms with Crippen molar-refractivity contribution < 1.29 is 45.3 Å². The van der Waals surface area contributed by atoms with E-state index in [1.54, 1.807) is 0 Å². The Bertz CT molecular complexity index is 308. The first-order chi connectivity index (χ1) is 8.23. The molecule has 1 heterocycles. The van der Waals surface area contributed by atoms with Crippen LogP contribution in [-0.2, 0) is 9.53 Å². The van der Waals surface area contributed by atoms with Gasteiger partial charge in [0.15, 0.2) is 0 Å². The Morgan fingerprint density at radius 1 is 1.39 bits per heavy atom. The number of hydrogen-bond donors (Lipinski definition) is 7. The van der Waals surface area contributed by atoms with Crippen LogP contribution in [0.2, 0.25) is 0 Å². The minimum atomic E-state index is -2.78. The van der Waals surface area contributed by atoms with Gasteiger partial charge >= 0.3 is 5.97 Å². The zero-order chi connectivity index (χ0) is 14.1. The van der Waals surface area contributed by atoms with Crippen LogP contribution in [0.5, 0.6) is 0 Å². The Morgan fingerprint density at radius 3 is 2.39 bits per heavy atom. The van der Waals surface area contributed by atoms with E-state index in [2.05, 4.69) is 4.74 Å². The highest BCUT2D eigenvalue weighted by Gasteiger charge is 2.53. The van der Waals surface area contributed by atoms with E-state index in [1.807, 2.05) is 0 Å². The van der Waals surface area contributed by atoms with Crippen LogP contribution in [-0.4, -0.2) is 84.6 Å². The van der Waals surface area contributed by atoms with Gasteiger partial charge in [0.25, 0.3) is 5.79 Å². The maximum absolute atomic E-state index is 10.8. The molecular formula is C9H16O9. The summed E-state index contributed by atoms with van der Waals surface area (Å²) in [6.45, 7) is -0.866. The van der Waals surface area contributed by atoms with Crippen molar-refractivity contribution in [1.82, 2.24) is 0 Å². The van der Waals surface area contributed by atoms with Gasteiger partial charge in [-0.25, -0.2) is 4.79 Å². The van der Waals surface area contributed by atoms with E-state index >= 15 is 0 Å². The zero-order valence-corrected chi connectivity index (χ0v) is 9.25. The highest BCUT2D eigenvalue weighted by Crippen LogP contribution is 2.30. The fourth-order valence-electron chi connectivity index (χ4n) is 1.70. The van der Waals surface area contributed by atoms with E-state index in [0.29, 0.717) is 0 Å². The molecule has 0 aromatic carbocycles. The molecule has 0 saturated carbocycles. The lowest BCUT2D eigenvalue weighted by atomic mass is 9.91. The summed E-state index contributed by atoms with van der Waals surface area (Å²) < 4.78 is 4.63. The normalized spacial score (nSPS) is 40.2. The van der Waals surface area contributed by atoms with Crippen LogP contribution < -0.4 is 0 Å². The van der Waals surface area contributed by atoms with Crippen LogP contribution in [0, 0.1) is 0 Å². The van der Waals surface area contributed by atoms with Gasteiger partial charge in [0.05, 0.1) is 12.7 Å². The van der Waals surface area contributed by atoms with E-state index in [4.69, 9.17) is 10.2 Å². The van der Waals surface area contributed by atoms with E-state index in [9.17, 15) is 30.3 Å². The maximum Gasteiger partial charge on any atom is 0.364 e. The standard InChI is InChI=1S/C9H16O9/c10-2-4(12)6(14)7-5(13)3(11)1-9(17,18-7)8(15)16/h3-7,10-14,17H,1-2H2,(H,15,16)/t3-,4+,5+,6+,7+,9+/m0/s1.